The van der Waals surface area contributed by atoms with Crippen molar-refractivity contribution < 1.29 is 9.59 Å². The van der Waals surface area contributed by atoms with E-state index in [-0.39, 0.29) is 11.7 Å². The lowest BCUT2D eigenvalue weighted by Gasteiger charge is -2.08. The molecule has 7 heteroatoms. The molecule has 2 aromatic rings. The zero-order valence-electron chi connectivity index (χ0n) is 14.4. The summed E-state index contributed by atoms with van der Waals surface area (Å²) >= 11 is 1.36. The lowest BCUT2D eigenvalue weighted by Crippen LogP contribution is -2.14. The van der Waals surface area contributed by atoms with E-state index in [0.717, 1.165) is 11.0 Å². The molecule has 0 saturated carbocycles. The molecular weight excluding hydrogens is 324 g/mol. The molecule has 0 spiro atoms. The van der Waals surface area contributed by atoms with Gasteiger partial charge in [-0.1, -0.05) is 25.6 Å². The minimum absolute atomic E-state index is 0.0145. The molecule has 0 aliphatic heterocycles. The Kier molecular flexibility index (Phi) is 6.14. The van der Waals surface area contributed by atoms with E-state index in [0.29, 0.717) is 29.3 Å². The van der Waals surface area contributed by atoms with Gasteiger partial charge in [0.2, 0.25) is 5.91 Å². The summed E-state index contributed by atoms with van der Waals surface area (Å²) in [5.74, 6) is 1.42. The van der Waals surface area contributed by atoms with E-state index in [1.54, 1.807) is 24.3 Å². The summed E-state index contributed by atoms with van der Waals surface area (Å²) in [6.45, 7) is 5.86. The SMILES string of the molecule is Cc1nnc(SCC(=O)c2ccc(NC(=O)CC(C)C)cc2)n1C. The third kappa shape index (κ3) is 4.92. The fourth-order valence-corrected chi connectivity index (χ4v) is 2.90. The topological polar surface area (TPSA) is 76.9 Å². The van der Waals surface area contributed by atoms with Crippen molar-refractivity contribution in [3.05, 3.63) is 35.7 Å². The maximum Gasteiger partial charge on any atom is 0.224 e. The first-order valence-corrected chi connectivity index (χ1v) is 8.77. The predicted molar refractivity (Wildman–Crippen MR) is 95.3 cm³/mol. The highest BCUT2D eigenvalue weighted by molar-refractivity contribution is 7.99. The van der Waals surface area contributed by atoms with Crippen LogP contribution in [0.2, 0.25) is 0 Å². The number of amides is 1. The third-order valence-corrected chi connectivity index (χ3v) is 4.49. The largest absolute Gasteiger partial charge is 0.326 e. The highest BCUT2D eigenvalue weighted by Gasteiger charge is 2.11. The summed E-state index contributed by atoms with van der Waals surface area (Å²) < 4.78 is 1.85. The number of hydrogen-bond donors (Lipinski definition) is 1. The van der Waals surface area contributed by atoms with Crippen molar-refractivity contribution in [2.75, 3.05) is 11.1 Å². The van der Waals surface area contributed by atoms with Crippen LogP contribution in [-0.2, 0) is 11.8 Å². The molecule has 128 valence electrons. The highest BCUT2D eigenvalue weighted by atomic mass is 32.2. The Labute approximate surface area is 146 Å². The van der Waals surface area contributed by atoms with Crippen LogP contribution in [0, 0.1) is 12.8 Å². The average molecular weight is 346 g/mol. The smallest absolute Gasteiger partial charge is 0.224 e. The molecule has 0 unspecified atom stereocenters. The van der Waals surface area contributed by atoms with Crippen LogP contribution in [0.1, 0.15) is 36.5 Å². The number of nitrogens with zero attached hydrogens (tertiary/aromatic N) is 3. The van der Waals surface area contributed by atoms with Gasteiger partial charge < -0.3 is 9.88 Å². The number of rotatable bonds is 7. The predicted octanol–water partition coefficient (Wildman–Crippen LogP) is 3.08. The van der Waals surface area contributed by atoms with Gasteiger partial charge in [-0.3, -0.25) is 9.59 Å². The average Bonchev–Trinajstić information content (AvgIpc) is 2.84. The van der Waals surface area contributed by atoms with Crippen LogP contribution in [-0.4, -0.2) is 32.2 Å². The zero-order chi connectivity index (χ0) is 17.7. The van der Waals surface area contributed by atoms with E-state index in [9.17, 15) is 9.59 Å². The Morgan fingerprint density at radius 3 is 2.42 bits per heavy atom. The first-order valence-electron chi connectivity index (χ1n) is 7.78. The Morgan fingerprint density at radius 2 is 1.88 bits per heavy atom. The first-order chi connectivity index (χ1) is 11.4. The molecule has 1 N–H and O–H groups in total. The Bertz CT molecular complexity index is 723. The molecule has 0 aliphatic rings. The van der Waals surface area contributed by atoms with Crippen LogP contribution < -0.4 is 5.32 Å². The van der Waals surface area contributed by atoms with Gasteiger partial charge in [0.05, 0.1) is 5.75 Å². The second-order valence-corrected chi connectivity index (χ2v) is 6.97. The number of nitrogens with one attached hydrogen (secondary N) is 1. The van der Waals surface area contributed by atoms with Gasteiger partial charge in [0.25, 0.3) is 0 Å². The summed E-state index contributed by atoms with van der Waals surface area (Å²) in [5, 5.41) is 11.5. The summed E-state index contributed by atoms with van der Waals surface area (Å²) in [6.07, 6.45) is 0.481. The van der Waals surface area contributed by atoms with E-state index in [1.807, 2.05) is 32.4 Å². The van der Waals surface area contributed by atoms with Gasteiger partial charge in [0, 0.05) is 24.7 Å². The maximum atomic E-state index is 12.2. The van der Waals surface area contributed by atoms with Gasteiger partial charge in [0.15, 0.2) is 10.9 Å². The lowest BCUT2D eigenvalue weighted by atomic mass is 10.1. The molecule has 0 radical (unpaired) electrons. The Balaban J connectivity index is 1.91. The van der Waals surface area contributed by atoms with Gasteiger partial charge in [-0.05, 0) is 37.1 Å². The number of thioether (sulfide) groups is 1. The molecule has 1 aromatic carbocycles. The van der Waals surface area contributed by atoms with Gasteiger partial charge in [-0.25, -0.2) is 0 Å². The van der Waals surface area contributed by atoms with Crippen molar-refractivity contribution in [3.8, 4) is 0 Å². The van der Waals surface area contributed by atoms with E-state index in [2.05, 4.69) is 15.5 Å². The minimum atomic E-state index is -0.0164. The molecule has 0 fully saturated rings. The van der Waals surface area contributed by atoms with Gasteiger partial charge in [-0.15, -0.1) is 10.2 Å². The second-order valence-electron chi connectivity index (χ2n) is 6.02. The molecule has 0 aliphatic carbocycles. The van der Waals surface area contributed by atoms with Crippen molar-refractivity contribution in [2.24, 2.45) is 13.0 Å². The summed E-state index contributed by atoms with van der Waals surface area (Å²) in [7, 11) is 1.87. The van der Waals surface area contributed by atoms with E-state index >= 15 is 0 Å². The summed E-state index contributed by atoms with van der Waals surface area (Å²) in [6, 6.07) is 6.97. The molecule has 0 saturated heterocycles. The highest BCUT2D eigenvalue weighted by Crippen LogP contribution is 2.18. The number of anilines is 1. The van der Waals surface area contributed by atoms with Crippen LogP contribution in [0.3, 0.4) is 0 Å². The molecule has 1 amide bonds. The van der Waals surface area contributed by atoms with Gasteiger partial charge in [0.1, 0.15) is 5.82 Å². The number of carbonyl (C=O) groups is 2. The fourth-order valence-electron chi connectivity index (χ4n) is 2.05. The molecule has 0 bridgehead atoms. The van der Waals surface area contributed by atoms with E-state index in [4.69, 9.17) is 0 Å². The van der Waals surface area contributed by atoms with Crippen LogP contribution in [0.4, 0.5) is 5.69 Å². The van der Waals surface area contributed by atoms with Crippen LogP contribution in [0.25, 0.3) is 0 Å². The maximum absolute atomic E-state index is 12.2. The molecule has 1 aromatic heterocycles. The number of ketones is 1. The zero-order valence-corrected chi connectivity index (χ0v) is 15.2. The molecule has 0 atom stereocenters. The number of benzene rings is 1. The van der Waals surface area contributed by atoms with Crippen molar-refractivity contribution in [1.82, 2.24) is 14.8 Å². The molecule has 24 heavy (non-hydrogen) atoms. The van der Waals surface area contributed by atoms with Crippen molar-refractivity contribution in [2.45, 2.75) is 32.3 Å². The molecule has 6 nitrogen and oxygen atoms in total. The summed E-state index contributed by atoms with van der Waals surface area (Å²) in [5.41, 5.74) is 1.32. The third-order valence-electron chi connectivity index (χ3n) is 3.47. The number of aromatic nitrogens is 3. The van der Waals surface area contributed by atoms with Crippen molar-refractivity contribution in [3.63, 3.8) is 0 Å². The molecular formula is C17H22N4O2S. The number of Topliss-reactive ketones (excluding diaryl/α,β-unsaturated/α-hetero) is 1. The van der Waals surface area contributed by atoms with Crippen LogP contribution in [0.15, 0.2) is 29.4 Å². The van der Waals surface area contributed by atoms with Crippen molar-refractivity contribution >= 4 is 29.1 Å². The quantitative estimate of drug-likeness (QED) is 0.616. The number of carbonyl (C=O) groups excluding carboxylic acids is 2. The van der Waals surface area contributed by atoms with Crippen LogP contribution >= 0.6 is 11.8 Å². The molecule has 2 rings (SSSR count). The summed E-state index contributed by atoms with van der Waals surface area (Å²) in [4.78, 5) is 24.0. The van der Waals surface area contributed by atoms with E-state index in [1.165, 1.54) is 11.8 Å². The van der Waals surface area contributed by atoms with Crippen molar-refractivity contribution in [1.29, 1.82) is 0 Å². The van der Waals surface area contributed by atoms with Gasteiger partial charge >= 0.3 is 0 Å². The Hall–Kier alpha value is -2.15. The van der Waals surface area contributed by atoms with Crippen LogP contribution in [0.5, 0.6) is 0 Å². The fraction of sp³-hybridized carbons (Fsp3) is 0.412. The Morgan fingerprint density at radius 1 is 1.21 bits per heavy atom. The standard InChI is InChI=1S/C17H22N4O2S/c1-11(2)9-16(23)18-14-7-5-13(6-8-14)15(22)10-24-17-20-19-12(3)21(17)4/h5-8,11H,9-10H2,1-4H3,(H,18,23). The normalized spacial score (nSPS) is 10.9. The minimum Gasteiger partial charge on any atom is -0.326 e. The number of hydrogen-bond acceptors (Lipinski definition) is 5. The molecule has 1 heterocycles. The first kappa shape index (κ1) is 18.2. The van der Waals surface area contributed by atoms with E-state index < -0.39 is 0 Å². The monoisotopic (exact) mass is 346 g/mol. The number of aryl methyl sites for hydroxylation is 1. The lowest BCUT2D eigenvalue weighted by molar-refractivity contribution is -0.116. The second kappa shape index (κ2) is 8.10. The van der Waals surface area contributed by atoms with Gasteiger partial charge in [-0.2, -0.15) is 0 Å².